The molecule has 0 spiro atoms. The van der Waals surface area contributed by atoms with Gasteiger partial charge in [-0.15, -0.1) is 0 Å². The lowest BCUT2D eigenvalue weighted by molar-refractivity contribution is 0.270. The van der Waals surface area contributed by atoms with Gasteiger partial charge >= 0.3 is 0 Å². The van der Waals surface area contributed by atoms with Crippen LogP contribution in [0.1, 0.15) is 32.3 Å². The largest absolute Gasteiger partial charge is 0.507 e. The van der Waals surface area contributed by atoms with E-state index in [-0.39, 0.29) is 11.3 Å². The fourth-order valence-corrected chi connectivity index (χ4v) is 2.37. The molecule has 1 heterocycles. The molecule has 0 amide bonds. The molecule has 0 saturated carbocycles. The summed E-state index contributed by atoms with van der Waals surface area (Å²) in [5.41, 5.74) is 0.938. The first-order chi connectivity index (χ1) is 9.67. The lowest BCUT2D eigenvalue weighted by Crippen LogP contribution is -2.27. The Kier molecular flexibility index (Phi) is 4.79. The molecule has 0 aliphatic rings. The lowest BCUT2D eigenvalue weighted by Gasteiger charge is -2.20. The molecule has 0 atom stereocenters. The Morgan fingerprint density at radius 3 is 2.70 bits per heavy atom. The van der Waals surface area contributed by atoms with Gasteiger partial charge in [-0.2, -0.15) is 0 Å². The fourth-order valence-electron chi connectivity index (χ4n) is 2.37. The van der Waals surface area contributed by atoms with Gasteiger partial charge in [0.1, 0.15) is 5.75 Å². The third kappa shape index (κ3) is 3.02. The first-order valence-corrected chi connectivity index (χ1v) is 7.22. The van der Waals surface area contributed by atoms with Crippen LogP contribution in [-0.4, -0.2) is 28.1 Å². The van der Waals surface area contributed by atoms with Gasteiger partial charge in [0.25, 0.3) is 5.56 Å². The molecule has 0 radical (unpaired) electrons. The van der Waals surface area contributed by atoms with E-state index in [1.54, 1.807) is 6.07 Å². The molecule has 0 saturated heterocycles. The Morgan fingerprint density at radius 2 is 2.00 bits per heavy atom. The molecule has 0 unspecified atom stereocenters. The van der Waals surface area contributed by atoms with Gasteiger partial charge < -0.3 is 10.1 Å². The Labute approximate surface area is 119 Å². The van der Waals surface area contributed by atoms with Crippen molar-refractivity contribution in [2.24, 2.45) is 0 Å². The molecule has 2 N–H and O–H groups in total. The van der Waals surface area contributed by atoms with Gasteiger partial charge in [-0.25, -0.2) is 0 Å². The minimum atomic E-state index is -0.198. The maximum Gasteiger partial charge on any atom is 0.256 e. The molecule has 2 aromatic rings. The topological polar surface area (TPSA) is 56.3 Å². The number of unbranched alkanes of at least 4 members (excludes halogenated alkanes) is 1. The summed E-state index contributed by atoms with van der Waals surface area (Å²) in [7, 11) is 0. The number of fused-ring (bicyclic) bond motifs is 1. The van der Waals surface area contributed by atoms with E-state index in [0.717, 1.165) is 25.9 Å². The highest BCUT2D eigenvalue weighted by atomic mass is 16.3. The van der Waals surface area contributed by atoms with Crippen molar-refractivity contribution in [2.75, 3.05) is 13.1 Å². The fraction of sp³-hybridized carbons (Fsp3) is 0.438. The van der Waals surface area contributed by atoms with E-state index in [9.17, 15) is 9.90 Å². The van der Waals surface area contributed by atoms with E-state index in [2.05, 4.69) is 23.7 Å². The van der Waals surface area contributed by atoms with Crippen molar-refractivity contribution in [2.45, 2.75) is 33.2 Å². The summed E-state index contributed by atoms with van der Waals surface area (Å²) >= 11 is 0. The first kappa shape index (κ1) is 14.6. The van der Waals surface area contributed by atoms with Crippen LogP contribution in [-0.2, 0) is 6.54 Å². The van der Waals surface area contributed by atoms with Gasteiger partial charge in [0, 0.05) is 11.9 Å². The molecule has 1 aromatic carbocycles. The molecule has 0 aliphatic heterocycles. The van der Waals surface area contributed by atoms with Gasteiger partial charge in [-0.1, -0.05) is 32.4 Å². The average Bonchev–Trinajstić information content (AvgIpc) is 2.46. The zero-order valence-electron chi connectivity index (χ0n) is 12.1. The van der Waals surface area contributed by atoms with E-state index in [0.29, 0.717) is 23.0 Å². The first-order valence-electron chi connectivity index (χ1n) is 7.22. The maximum atomic E-state index is 12.1. The van der Waals surface area contributed by atoms with Crippen LogP contribution in [0.4, 0.5) is 0 Å². The number of nitrogens with one attached hydrogen (secondary N) is 1. The van der Waals surface area contributed by atoms with Gasteiger partial charge in [0.2, 0.25) is 0 Å². The summed E-state index contributed by atoms with van der Waals surface area (Å²) in [6.07, 6.45) is 2.22. The number of hydrogen-bond acceptors (Lipinski definition) is 3. The molecule has 0 fully saturated rings. The van der Waals surface area contributed by atoms with E-state index >= 15 is 0 Å². The zero-order chi connectivity index (χ0) is 14.5. The van der Waals surface area contributed by atoms with E-state index in [1.165, 1.54) is 0 Å². The second-order valence-corrected chi connectivity index (χ2v) is 5.05. The van der Waals surface area contributed by atoms with Gasteiger partial charge in [-0.05, 0) is 31.6 Å². The predicted octanol–water partition coefficient (Wildman–Crippen LogP) is 2.86. The molecular formula is C16H22N2O2. The minimum absolute atomic E-state index is 0.110. The molecule has 108 valence electrons. The summed E-state index contributed by atoms with van der Waals surface area (Å²) < 4.78 is 0. The van der Waals surface area contributed by atoms with Crippen LogP contribution in [0.5, 0.6) is 5.75 Å². The number of rotatable bonds is 6. The van der Waals surface area contributed by atoms with Crippen LogP contribution in [0.3, 0.4) is 0 Å². The van der Waals surface area contributed by atoms with Crippen molar-refractivity contribution < 1.29 is 5.11 Å². The third-order valence-corrected chi connectivity index (χ3v) is 3.65. The number of H-pyrrole nitrogens is 1. The van der Waals surface area contributed by atoms with Crippen LogP contribution in [0.15, 0.2) is 29.1 Å². The number of nitrogens with zero attached hydrogens (tertiary/aromatic N) is 1. The quantitative estimate of drug-likeness (QED) is 0.851. The molecule has 2 rings (SSSR count). The highest BCUT2D eigenvalue weighted by Crippen LogP contribution is 2.25. The Hall–Kier alpha value is -1.81. The minimum Gasteiger partial charge on any atom is -0.507 e. The summed E-state index contributed by atoms with van der Waals surface area (Å²) in [5, 5.41) is 11.1. The predicted molar refractivity (Wildman–Crippen MR) is 82.1 cm³/mol. The molecule has 0 bridgehead atoms. The number of pyridine rings is 1. The molecule has 20 heavy (non-hydrogen) atoms. The van der Waals surface area contributed by atoms with E-state index in [1.807, 2.05) is 18.2 Å². The normalized spacial score (nSPS) is 11.3. The van der Waals surface area contributed by atoms with E-state index < -0.39 is 0 Å². The number of aromatic nitrogens is 1. The maximum absolute atomic E-state index is 12.1. The molecule has 0 aliphatic carbocycles. The number of benzene rings is 1. The monoisotopic (exact) mass is 274 g/mol. The second kappa shape index (κ2) is 6.57. The van der Waals surface area contributed by atoms with Crippen LogP contribution < -0.4 is 5.56 Å². The SMILES string of the molecule is CCCCN(CC)Cc1c(O)c2ccccc2[nH]c1=O. The van der Waals surface area contributed by atoms with Crippen LogP contribution >= 0.6 is 0 Å². The molecule has 1 aromatic heterocycles. The number of hydrogen-bond donors (Lipinski definition) is 2. The van der Waals surface area contributed by atoms with Crippen molar-refractivity contribution in [3.63, 3.8) is 0 Å². The van der Waals surface area contributed by atoms with Crippen molar-refractivity contribution >= 4 is 10.9 Å². The highest BCUT2D eigenvalue weighted by Gasteiger charge is 2.14. The van der Waals surface area contributed by atoms with Crippen molar-refractivity contribution in [1.29, 1.82) is 0 Å². The lowest BCUT2D eigenvalue weighted by atomic mass is 10.1. The Bertz CT molecular complexity index is 634. The summed E-state index contributed by atoms with van der Waals surface area (Å²) in [6.45, 7) is 6.52. The van der Waals surface area contributed by atoms with Gasteiger partial charge in [0.15, 0.2) is 0 Å². The summed E-state index contributed by atoms with van der Waals surface area (Å²) in [4.78, 5) is 17.2. The second-order valence-electron chi connectivity index (χ2n) is 5.05. The van der Waals surface area contributed by atoms with Crippen LogP contribution in [0.2, 0.25) is 0 Å². The summed E-state index contributed by atoms with van der Waals surface area (Å²) in [6, 6.07) is 7.33. The van der Waals surface area contributed by atoms with E-state index in [4.69, 9.17) is 0 Å². The highest BCUT2D eigenvalue weighted by molar-refractivity contribution is 5.85. The van der Waals surface area contributed by atoms with Crippen LogP contribution in [0.25, 0.3) is 10.9 Å². The summed E-state index contributed by atoms with van der Waals surface area (Å²) in [5.74, 6) is 0.110. The number of para-hydroxylation sites is 1. The Balaban J connectivity index is 2.36. The third-order valence-electron chi connectivity index (χ3n) is 3.65. The van der Waals surface area contributed by atoms with Gasteiger partial charge in [-0.3, -0.25) is 9.69 Å². The van der Waals surface area contributed by atoms with Crippen molar-refractivity contribution in [1.82, 2.24) is 9.88 Å². The zero-order valence-corrected chi connectivity index (χ0v) is 12.1. The molecule has 4 heteroatoms. The smallest absolute Gasteiger partial charge is 0.256 e. The van der Waals surface area contributed by atoms with Gasteiger partial charge in [0.05, 0.1) is 11.1 Å². The number of aromatic amines is 1. The number of aromatic hydroxyl groups is 1. The van der Waals surface area contributed by atoms with Crippen molar-refractivity contribution in [3.8, 4) is 5.75 Å². The van der Waals surface area contributed by atoms with Crippen LogP contribution in [0, 0.1) is 0 Å². The standard InChI is InChI=1S/C16H22N2O2/c1-3-5-10-18(4-2)11-13-15(19)12-8-6-7-9-14(12)17-16(13)20/h6-9H,3-5,10-11H2,1-2H3,(H2,17,19,20). The Morgan fingerprint density at radius 1 is 1.25 bits per heavy atom. The molecule has 4 nitrogen and oxygen atoms in total. The van der Waals surface area contributed by atoms with Crippen molar-refractivity contribution in [3.05, 3.63) is 40.2 Å². The average molecular weight is 274 g/mol. The molecular weight excluding hydrogens is 252 g/mol.